The maximum atomic E-state index is 13.2. The Balaban J connectivity index is 2.50. The second-order valence-electron chi connectivity index (χ2n) is 5.00. The first-order chi connectivity index (χ1) is 10.8. The monoisotopic (exact) mass is 319 g/mol. The molecule has 7 nitrogen and oxygen atoms in total. The number of aryl methyl sites for hydroxylation is 2. The number of halogens is 1. The van der Waals surface area contributed by atoms with Gasteiger partial charge in [0, 0.05) is 11.8 Å². The highest BCUT2D eigenvalue weighted by molar-refractivity contribution is 5.88. The van der Waals surface area contributed by atoms with E-state index in [4.69, 9.17) is 0 Å². The second-order valence-corrected chi connectivity index (χ2v) is 5.00. The number of aromatic nitrogens is 1. The molecule has 0 atom stereocenters. The van der Waals surface area contributed by atoms with Crippen LogP contribution in [-0.4, -0.2) is 21.1 Å². The Morgan fingerprint density at radius 1 is 1.35 bits per heavy atom. The summed E-state index contributed by atoms with van der Waals surface area (Å²) < 4.78 is 13.2. The fraction of sp³-hybridized carbons (Fsp3) is 0.200. The van der Waals surface area contributed by atoms with E-state index in [9.17, 15) is 24.4 Å². The van der Waals surface area contributed by atoms with Gasteiger partial charge >= 0.3 is 11.8 Å². The number of rotatable bonds is 4. The van der Waals surface area contributed by atoms with Crippen molar-refractivity contribution in [2.24, 2.45) is 0 Å². The van der Waals surface area contributed by atoms with E-state index in [2.05, 4.69) is 4.98 Å². The Morgan fingerprint density at radius 3 is 2.61 bits per heavy atom. The maximum absolute atomic E-state index is 13.2. The van der Waals surface area contributed by atoms with Crippen LogP contribution in [-0.2, 0) is 6.54 Å². The van der Waals surface area contributed by atoms with E-state index < -0.39 is 16.8 Å². The molecular formula is C15H14FN3O4. The number of hydrogen-bond donors (Lipinski definition) is 1. The second kappa shape index (κ2) is 6.39. The Bertz CT molecular complexity index is 779. The zero-order chi connectivity index (χ0) is 17.1. The van der Waals surface area contributed by atoms with Gasteiger partial charge in [-0.2, -0.15) is 0 Å². The third-order valence-corrected chi connectivity index (χ3v) is 3.41. The van der Waals surface area contributed by atoms with E-state index >= 15 is 0 Å². The number of pyridine rings is 1. The van der Waals surface area contributed by atoms with E-state index in [0.717, 1.165) is 4.90 Å². The molecule has 0 bridgehead atoms. The summed E-state index contributed by atoms with van der Waals surface area (Å²) in [5, 5.41) is 20.6. The molecule has 0 fully saturated rings. The number of carboxylic acid groups (broad SMARTS) is 1. The molecule has 0 aliphatic carbocycles. The predicted octanol–water partition coefficient (Wildman–Crippen LogP) is 3.43. The van der Waals surface area contributed by atoms with Crippen molar-refractivity contribution < 1.29 is 19.2 Å². The molecule has 23 heavy (non-hydrogen) atoms. The highest BCUT2D eigenvalue weighted by Gasteiger charge is 2.28. The lowest BCUT2D eigenvalue weighted by Crippen LogP contribution is -2.30. The lowest BCUT2D eigenvalue weighted by atomic mass is 10.1. The summed E-state index contributed by atoms with van der Waals surface area (Å²) in [6.45, 7) is 2.97. The van der Waals surface area contributed by atoms with Crippen molar-refractivity contribution in [2.45, 2.75) is 20.4 Å². The Hall–Kier alpha value is -3.03. The SMILES string of the molecule is Cc1cc(F)ccc1CN(C(=O)O)c1nccc(C)c1[N+](=O)[O-]. The summed E-state index contributed by atoms with van der Waals surface area (Å²) in [5.74, 6) is -0.695. The van der Waals surface area contributed by atoms with Gasteiger partial charge in [-0.3, -0.25) is 15.0 Å². The van der Waals surface area contributed by atoms with Crippen molar-refractivity contribution in [1.29, 1.82) is 0 Å². The van der Waals surface area contributed by atoms with E-state index in [-0.39, 0.29) is 18.1 Å². The molecule has 8 heteroatoms. The molecule has 0 aliphatic rings. The quantitative estimate of drug-likeness (QED) is 0.688. The van der Waals surface area contributed by atoms with Crippen LogP contribution in [0, 0.1) is 29.8 Å². The zero-order valence-electron chi connectivity index (χ0n) is 12.5. The van der Waals surface area contributed by atoms with Gasteiger partial charge in [0.15, 0.2) is 0 Å². The molecule has 0 spiro atoms. The fourth-order valence-electron chi connectivity index (χ4n) is 2.20. The molecule has 0 radical (unpaired) electrons. The first-order valence-electron chi connectivity index (χ1n) is 6.66. The van der Waals surface area contributed by atoms with Gasteiger partial charge in [-0.1, -0.05) is 6.07 Å². The summed E-state index contributed by atoms with van der Waals surface area (Å²) in [4.78, 5) is 26.8. The zero-order valence-corrected chi connectivity index (χ0v) is 12.5. The van der Waals surface area contributed by atoms with Crippen molar-refractivity contribution >= 4 is 17.6 Å². The van der Waals surface area contributed by atoms with Gasteiger partial charge in [-0.15, -0.1) is 0 Å². The highest BCUT2D eigenvalue weighted by Crippen LogP contribution is 2.30. The molecule has 0 unspecified atom stereocenters. The maximum Gasteiger partial charge on any atom is 0.413 e. The number of nitro groups is 1. The van der Waals surface area contributed by atoms with E-state index in [1.54, 1.807) is 6.92 Å². The van der Waals surface area contributed by atoms with Crippen LogP contribution in [0.4, 0.5) is 20.7 Å². The summed E-state index contributed by atoms with van der Waals surface area (Å²) in [7, 11) is 0. The van der Waals surface area contributed by atoms with Gasteiger partial charge in [-0.05, 0) is 43.2 Å². The molecule has 2 aromatic rings. The van der Waals surface area contributed by atoms with Gasteiger partial charge in [-0.25, -0.2) is 14.2 Å². The average Bonchev–Trinajstić information content (AvgIpc) is 2.45. The fourth-order valence-corrected chi connectivity index (χ4v) is 2.20. The number of anilines is 1. The first-order valence-corrected chi connectivity index (χ1v) is 6.66. The number of amides is 1. The predicted molar refractivity (Wildman–Crippen MR) is 81.0 cm³/mol. The smallest absolute Gasteiger partial charge is 0.413 e. The lowest BCUT2D eigenvalue weighted by Gasteiger charge is -2.19. The van der Waals surface area contributed by atoms with E-state index in [1.807, 2.05) is 0 Å². The first kappa shape index (κ1) is 16.3. The van der Waals surface area contributed by atoms with Crippen molar-refractivity contribution in [3.63, 3.8) is 0 Å². The molecule has 1 amide bonds. The Labute approximate surface area is 131 Å². The van der Waals surface area contributed by atoms with Gasteiger partial charge < -0.3 is 5.11 Å². The number of carbonyl (C=O) groups is 1. The third kappa shape index (κ3) is 3.42. The topological polar surface area (TPSA) is 96.6 Å². The minimum absolute atomic E-state index is 0.168. The van der Waals surface area contributed by atoms with Crippen LogP contribution < -0.4 is 4.90 Å². The Kier molecular flexibility index (Phi) is 4.54. The molecule has 2 rings (SSSR count). The van der Waals surface area contributed by atoms with Gasteiger partial charge in [0.2, 0.25) is 5.82 Å². The summed E-state index contributed by atoms with van der Waals surface area (Å²) in [6, 6.07) is 5.36. The van der Waals surface area contributed by atoms with Crippen molar-refractivity contribution in [2.75, 3.05) is 4.90 Å². The number of nitrogens with zero attached hydrogens (tertiary/aromatic N) is 3. The van der Waals surface area contributed by atoms with Gasteiger partial charge in [0.1, 0.15) is 5.82 Å². The molecule has 0 saturated heterocycles. The van der Waals surface area contributed by atoms with E-state index in [0.29, 0.717) is 16.7 Å². The van der Waals surface area contributed by atoms with Crippen LogP contribution in [0.5, 0.6) is 0 Å². The summed E-state index contributed by atoms with van der Waals surface area (Å²) in [6.07, 6.45) is -0.0691. The lowest BCUT2D eigenvalue weighted by molar-refractivity contribution is -0.384. The molecule has 1 heterocycles. The van der Waals surface area contributed by atoms with Crippen LogP contribution in [0.15, 0.2) is 30.5 Å². The molecule has 1 aromatic carbocycles. The molecule has 0 saturated carbocycles. The van der Waals surface area contributed by atoms with Crippen molar-refractivity contribution in [1.82, 2.24) is 4.98 Å². The minimum atomic E-state index is -1.38. The van der Waals surface area contributed by atoms with Gasteiger partial charge in [0.25, 0.3) is 0 Å². The van der Waals surface area contributed by atoms with Crippen LogP contribution in [0.2, 0.25) is 0 Å². The number of benzene rings is 1. The molecule has 120 valence electrons. The van der Waals surface area contributed by atoms with Gasteiger partial charge in [0.05, 0.1) is 11.5 Å². The minimum Gasteiger partial charge on any atom is -0.465 e. The highest BCUT2D eigenvalue weighted by atomic mass is 19.1. The van der Waals surface area contributed by atoms with Crippen LogP contribution in [0.25, 0.3) is 0 Å². The standard InChI is InChI=1S/C15H14FN3O4/c1-9-5-6-17-14(13(9)19(22)23)18(15(20)21)8-11-3-4-12(16)7-10(11)2/h3-7H,8H2,1-2H3,(H,20,21). The van der Waals surface area contributed by atoms with Crippen molar-refractivity contribution in [3.05, 3.63) is 63.1 Å². The van der Waals surface area contributed by atoms with Crippen LogP contribution in [0.1, 0.15) is 16.7 Å². The largest absolute Gasteiger partial charge is 0.465 e. The molecular weight excluding hydrogens is 305 g/mol. The third-order valence-electron chi connectivity index (χ3n) is 3.41. The molecule has 1 N–H and O–H groups in total. The summed E-state index contributed by atoms with van der Waals surface area (Å²) in [5.41, 5.74) is 1.02. The van der Waals surface area contributed by atoms with Crippen LogP contribution in [0.3, 0.4) is 0 Å². The average molecular weight is 319 g/mol. The van der Waals surface area contributed by atoms with E-state index in [1.165, 1.54) is 37.4 Å². The molecule has 1 aromatic heterocycles. The normalized spacial score (nSPS) is 10.4. The Morgan fingerprint density at radius 2 is 2.04 bits per heavy atom. The summed E-state index contributed by atoms with van der Waals surface area (Å²) >= 11 is 0. The van der Waals surface area contributed by atoms with Crippen molar-refractivity contribution in [3.8, 4) is 0 Å². The number of hydrogen-bond acceptors (Lipinski definition) is 4. The van der Waals surface area contributed by atoms with Crippen LogP contribution >= 0.6 is 0 Å². The molecule has 0 aliphatic heterocycles.